The molecule has 2 rings (SSSR count). The van der Waals surface area contributed by atoms with E-state index in [2.05, 4.69) is 11.4 Å². The van der Waals surface area contributed by atoms with E-state index in [0.717, 1.165) is 16.8 Å². The van der Waals surface area contributed by atoms with Crippen molar-refractivity contribution in [1.82, 2.24) is 5.32 Å². The predicted molar refractivity (Wildman–Crippen MR) is 99.3 cm³/mol. The normalized spacial score (nSPS) is 10.2. The summed E-state index contributed by atoms with van der Waals surface area (Å²) >= 11 is 0. The number of aryl methyl sites for hydroxylation is 2. The van der Waals surface area contributed by atoms with Gasteiger partial charge in [-0.1, -0.05) is 18.2 Å². The van der Waals surface area contributed by atoms with Crippen LogP contribution < -0.4 is 15.0 Å². The molecular formula is C20H24N2O3. The van der Waals surface area contributed by atoms with Gasteiger partial charge in [0.2, 0.25) is 5.91 Å². The molecule has 0 atom stereocenters. The molecular weight excluding hydrogens is 316 g/mol. The first-order valence-corrected chi connectivity index (χ1v) is 8.20. The summed E-state index contributed by atoms with van der Waals surface area (Å²) in [4.78, 5) is 26.0. The Morgan fingerprint density at radius 1 is 1.08 bits per heavy atom. The molecule has 0 radical (unpaired) electrons. The zero-order chi connectivity index (χ0) is 18.4. The second kappa shape index (κ2) is 8.33. The molecule has 0 saturated heterocycles. The molecule has 5 nitrogen and oxygen atoms in total. The molecule has 0 aliphatic rings. The van der Waals surface area contributed by atoms with Crippen LogP contribution in [0.25, 0.3) is 0 Å². The Morgan fingerprint density at radius 2 is 1.72 bits per heavy atom. The molecule has 0 unspecified atom stereocenters. The Bertz CT molecular complexity index is 751. The fourth-order valence-electron chi connectivity index (χ4n) is 2.78. The van der Waals surface area contributed by atoms with E-state index in [-0.39, 0.29) is 11.8 Å². The zero-order valence-electron chi connectivity index (χ0n) is 15.1. The third-order valence-electron chi connectivity index (χ3n) is 3.87. The number of hydrogen-bond acceptors (Lipinski definition) is 3. The van der Waals surface area contributed by atoms with Gasteiger partial charge in [-0.3, -0.25) is 9.59 Å². The van der Waals surface area contributed by atoms with Crippen molar-refractivity contribution in [2.45, 2.75) is 20.8 Å². The van der Waals surface area contributed by atoms with E-state index in [1.165, 1.54) is 14.0 Å². The summed E-state index contributed by atoms with van der Waals surface area (Å²) in [6.45, 7) is 6.28. The number of nitrogens with zero attached hydrogens (tertiary/aromatic N) is 1. The number of carbonyl (C=O) groups excluding carboxylic acids is 2. The van der Waals surface area contributed by atoms with Gasteiger partial charge in [-0.15, -0.1) is 0 Å². The smallest absolute Gasteiger partial charge is 0.255 e. The first-order valence-electron chi connectivity index (χ1n) is 8.20. The molecule has 0 fully saturated rings. The van der Waals surface area contributed by atoms with Crippen LogP contribution in [0.2, 0.25) is 0 Å². The average molecular weight is 340 g/mol. The van der Waals surface area contributed by atoms with E-state index in [1.807, 2.05) is 32.0 Å². The van der Waals surface area contributed by atoms with Crippen molar-refractivity contribution in [2.75, 3.05) is 25.1 Å². The lowest BCUT2D eigenvalue weighted by atomic mass is 10.1. The number of anilines is 1. The molecule has 2 aromatic carbocycles. The molecule has 0 bridgehead atoms. The fourth-order valence-corrected chi connectivity index (χ4v) is 2.78. The maximum absolute atomic E-state index is 12.3. The molecule has 0 aromatic heterocycles. The third-order valence-corrected chi connectivity index (χ3v) is 3.87. The molecule has 0 heterocycles. The lowest BCUT2D eigenvalue weighted by molar-refractivity contribution is -0.116. The van der Waals surface area contributed by atoms with Crippen LogP contribution in [-0.4, -0.2) is 32.0 Å². The minimum Gasteiger partial charge on any atom is -0.496 e. The standard InChI is InChI=1S/C20H24N2O3/c1-14-11-15(2)13-17(12-14)22(16(3)23)10-9-21-20(24)18-7-5-6-8-19(18)25-4/h5-8,11-13H,9-10H2,1-4H3,(H,21,24). The lowest BCUT2D eigenvalue weighted by Gasteiger charge is -2.22. The van der Waals surface area contributed by atoms with Gasteiger partial charge in [0.05, 0.1) is 12.7 Å². The van der Waals surface area contributed by atoms with E-state index in [4.69, 9.17) is 4.74 Å². The van der Waals surface area contributed by atoms with Crippen LogP contribution in [0.15, 0.2) is 42.5 Å². The summed E-state index contributed by atoms with van der Waals surface area (Å²) in [6, 6.07) is 13.0. The molecule has 1 N–H and O–H groups in total. The highest BCUT2D eigenvalue weighted by molar-refractivity contribution is 5.97. The lowest BCUT2D eigenvalue weighted by Crippen LogP contribution is -2.37. The summed E-state index contributed by atoms with van der Waals surface area (Å²) in [5.41, 5.74) is 3.51. The number of rotatable bonds is 6. The van der Waals surface area contributed by atoms with Crippen molar-refractivity contribution >= 4 is 17.5 Å². The van der Waals surface area contributed by atoms with Crippen LogP contribution in [0.1, 0.15) is 28.4 Å². The maximum Gasteiger partial charge on any atom is 0.255 e. The van der Waals surface area contributed by atoms with Crippen LogP contribution in [0.5, 0.6) is 5.75 Å². The number of hydrogen-bond donors (Lipinski definition) is 1. The van der Waals surface area contributed by atoms with Gasteiger partial charge in [0.25, 0.3) is 5.91 Å². The number of nitrogens with one attached hydrogen (secondary N) is 1. The Balaban J connectivity index is 2.04. The number of amides is 2. The van der Waals surface area contributed by atoms with Crippen molar-refractivity contribution in [3.05, 3.63) is 59.2 Å². The number of carbonyl (C=O) groups is 2. The van der Waals surface area contributed by atoms with E-state index < -0.39 is 0 Å². The number of ether oxygens (including phenoxy) is 1. The topological polar surface area (TPSA) is 58.6 Å². The van der Waals surface area contributed by atoms with Gasteiger partial charge in [-0.2, -0.15) is 0 Å². The number of benzene rings is 2. The van der Waals surface area contributed by atoms with Gasteiger partial charge in [-0.25, -0.2) is 0 Å². The van der Waals surface area contributed by atoms with Gasteiger partial charge < -0.3 is 15.0 Å². The first kappa shape index (κ1) is 18.5. The quantitative estimate of drug-likeness (QED) is 0.879. The monoisotopic (exact) mass is 340 g/mol. The Kier molecular flexibility index (Phi) is 6.17. The summed E-state index contributed by atoms with van der Waals surface area (Å²) in [6.07, 6.45) is 0. The summed E-state index contributed by atoms with van der Waals surface area (Å²) in [5, 5.41) is 2.85. The second-order valence-electron chi connectivity index (χ2n) is 5.97. The highest BCUT2D eigenvalue weighted by Crippen LogP contribution is 2.19. The van der Waals surface area contributed by atoms with E-state index in [1.54, 1.807) is 23.1 Å². The van der Waals surface area contributed by atoms with Gasteiger partial charge in [0.1, 0.15) is 5.75 Å². The molecule has 0 aliphatic heterocycles. The van der Waals surface area contributed by atoms with Crippen molar-refractivity contribution in [1.29, 1.82) is 0 Å². The predicted octanol–water partition coefficient (Wildman–Crippen LogP) is 3.09. The highest BCUT2D eigenvalue weighted by Gasteiger charge is 2.14. The second-order valence-corrected chi connectivity index (χ2v) is 5.97. The van der Waals surface area contributed by atoms with Gasteiger partial charge in [0, 0.05) is 25.7 Å². The molecule has 0 aliphatic carbocycles. The largest absolute Gasteiger partial charge is 0.496 e. The van der Waals surface area contributed by atoms with Crippen molar-refractivity contribution < 1.29 is 14.3 Å². The van der Waals surface area contributed by atoms with Crippen LogP contribution >= 0.6 is 0 Å². The average Bonchev–Trinajstić information content (AvgIpc) is 2.57. The molecule has 132 valence electrons. The Hall–Kier alpha value is -2.82. The summed E-state index contributed by atoms with van der Waals surface area (Å²) in [7, 11) is 1.53. The van der Waals surface area contributed by atoms with Gasteiger partial charge >= 0.3 is 0 Å². The molecule has 5 heteroatoms. The molecule has 2 aromatic rings. The summed E-state index contributed by atoms with van der Waals surface area (Å²) in [5.74, 6) is 0.246. The maximum atomic E-state index is 12.3. The summed E-state index contributed by atoms with van der Waals surface area (Å²) < 4.78 is 5.20. The van der Waals surface area contributed by atoms with E-state index in [9.17, 15) is 9.59 Å². The van der Waals surface area contributed by atoms with Gasteiger partial charge in [-0.05, 0) is 49.2 Å². The van der Waals surface area contributed by atoms with Crippen molar-refractivity contribution in [2.24, 2.45) is 0 Å². The number of para-hydroxylation sites is 1. The SMILES string of the molecule is COc1ccccc1C(=O)NCCN(C(C)=O)c1cc(C)cc(C)c1. The zero-order valence-corrected chi connectivity index (χ0v) is 15.1. The Morgan fingerprint density at radius 3 is 2.32 bits per heavy atom. The highest BCUT2D eigenvalue weighted by atomic mass is 16.5. The minimum atomic E-state index is -0.221. The van der Waals surface area contributed by atoms with Crippen LogP contribution in [0.3, 0.4) is 0 Å². The number of methoxy groups -OCH3 is 1. The molecule has 25 heavy (non-hydrogen) atoms. The van der Waals surface area contributed by atoms with Crippen LogP contribution in [0.4, 0.5) is 5.69 Å². The molecule has 0 spiro atoms. The van der Waals surface area contributed by atoms with Gasteiger partial charge in [0.15, 0.2) is 0 Å². The minimum absolute atomic E-state index is 0.0588. The third kappa shape index (κ3) is 4.83. The van der Waals surface area contributed by atoms with Crippen LogP contribution in [0, 0.1) is 13.8 Å². The molecule has 2 amide bonds. The first-order chi connectivity index (χ1) is 11.9. The van der Waals surface area contributed by atoms with Crippen molar-refractivity contribution in [3.63, 3.8) is 0 Å². The van der Waals surface area contributed by atoms with Crippen LogP contribution in [-0.2, 0) is 4.79 Å². The Labute approximate surface area is 148 Å². The molecule has 0 saturated carbocycles. The van der Waals surface area contributed by atoms with E-state index >= 15 is 0 Å². The fraction of sp³-hybridized carbons (Fsp3) is 0.300. The van der Waals surface area contributed by atoms with E-state index in [0.29, 0.717) is 24.4 Å². The van der Waals surface area contributed by atoms with Crippen molar-refractivity contribution in [3.8, 4) is 5.75 Å².